The summed E-state index contributed by atoms with van der Waals surface area (Å²) in [5, 5.41) is 12.4. The molecule has 2 aromatic rings. The van der Waals surface area contributed by atoms with E-state index in [0.29, 0.717) is 30.9 Å². The molecule has 0 radical (unpaired) electrons. The van der Waals surface area contributed by atoms with Crippen LogP contribution in [0.3, 0.4) is 0 Å². The Morgan fingerprint density at radius 3 is 2.48 bits per heavy atom. The van der Waals surface area contributed by atoms with E-state index in [1.54, 1.807) is 12.1 Å². The van der Waals surface area contributed by atoms with E-state index in [9.17, 15) is 19.1 Å². The number of carbonyl (C=O) groups excluding carboxylic acids is 1. The van der Waals surface area contributed by atoms with Crippen LogP contribution in [0.5, 0.6) is 0 Å². The van der Waals surface area contributed by atoms with Gasteiger partial charge in [0, 0.05) is 49.3 Å². The second-order valence-corrected chi connectivity index (χ2v) is 9.98. The van der Waals surface area contributed by atoms with E-state index in [1.807, 2.05) is 20.8 Å². The number of amides is 2. The first kappa shape index (κ1) is 24.6. The highest BCUT2D eigenvalue weighted by atomic mass is 19.1. The van der Waals surface area contributed by atoms with Gasteiger partial charge in [-0.05, 0) is 61.6 Å². The van der Waals surface area contributed by atoms with E-state index in [2.05, 4.69) is 36.0 Å². The normalized spacial score (nSPS) is 19.4. The predicted octanol–water partition coefficient (Wildman–Crippen LogP) is 4.69. The number of piperazine rings is 1. The van der Waals surface area contributed by atoms with Crippen molar-refractivity contribution in [2.24, 2.45) is 5.41 Å². The highest BCUT2D eigenvalue weighted by molar-refractivity contribution is 6.04. The molecule has 7 nitrogen and oxygen atoms in total. The Morgan fingerprint density at radius 2 is 1.91 bits per heavy atom. The van der Waals surface area contributed by atoms with Gasteiger partial charge in [-0.3, -0.25) is 14.7 Å². The van der Waals surface area contributed by atoms with Crippen LogP contribution in [0, 0.1) is 25.1 Å². The van der Waals surface area contributed by atoms with Crippen LogP contribution in [-0.2, 0) is 6.54 Å². The van der Waals surface area contributed by atoms with Gasteiger partial charge >= 0.3 is 6.09 Å². The van der Waals surface area contributed by atoms with Gasteiger partial charge in [0.05, 0.1) is 5.56 Å². The van der Waals surface area contributed by atoms with Gasteiger partial charge in [-0.15, -0.1) is 0 Å². The minimum atomic E-state index is -0.922. The van der Waals surface area contributed by atoms with Crippen LogP contribution in [0.1, 0.15) is 54.9 Å². The van der Waals surface area contributed by atoms with Crippen molar-refractivity contribution in [2.75, 3.05) is 18.4 Å². The van der Waals surface area contributed by atoms with Crippen molar-refractivity contribution in [3.05, 3.63) is 58.7 Å². The lowest BCUT2D eigenvalue weighted by atomic mass is 9.83. The highest BCUT2D eigenvalue weighted by Crippen LogP contribution is 2.32. The molecule has 33 heavy (non-hydrogen) atoms. The number of halogens is 1. The smallest absolute Gasteiger partial charge is 0.407 e. The molecule has 0 spiro atoms. The lowest BCUT2D eigenvalue weighted by Crippen LogP contribution is -2.61. The third-order valence-electron chi connectivity index (χ3n) is 6.36. The first-order chi connectivity index (χ1) is 15.4. The van der Waals surface area contributed by atoms with Crippen molar-refractivity contribution in [3.63, 3.8) is 0 Å². The van der Waals surface area contributed by atoms with Gasteiger partial charge < -0.3 is 15.3 Å². The molecule has 3 rings (SSSR count). The molecule has 2 unspecified atom stereocenters. The van der Waals surface area contributed by atoms with Gasteiger partial charge in [0.15, 0.2) is 0 Å². The van der Waals surface area contributed by atoms with Crippen LogP contribution in [0.2, 0.25) is 0 Å². The number of hydrogen-bond acceptors (Lipinski definition) is 4. The van der Waals surface area contributed by atoms with Crippen molar-refractivity contribution in [1.82, 2.24) is 14.8 Å². The molecule has 178 valence electrons. The highest BCUT2D eigenvalue weighted by Gasteiger charge is 2.40. The Labute approximate surface area is 194 Å². The average Bonchev–Trinajstić information content (AvgIpc) is 2.70. The summed E-state index contributed by atoms with van der Waals surface area (Å²) in [6.45, 7) is 13.2. The summed E-state index contributed by atoms with van der Waals surface area (Å²) in [4.78, 5) is 32.2. The molecule has 1 aliphatic rings. The van der Waals surface area contributed by atoms with Crippen LogP contribution in [0.4, 0.5) is 14.9 Å². The molecule has 2 N–H and O–H groups in total. The monoisotopic (exact) mass is 456 g/mol. The number of benzene rings is 1. The first-order valence-electron chi connectivity index (χ1n) is 11.1. The minimum absolute atomic E-state index is 0.0378. The van der Waals surface area contributed by atoms with Gasteiger partial charge in [0.1, 0.15) is 5.82 Å². The molecule has 1 fully saturated rings. The fourth-order valence-electron chi connectivity index (χ4n) is 4.35. The maximum absolute atomic E-state index is 14.6. The molecule has 1 aromatic carbocycles. The van der Waals surface area contributed by atoms with Crippen molar-refractivity contribution in [1.29, 1.82) is 0 Å². The number of hydrogen-bond donors (Lipinski definition) is 2. The third-order valence-corrected chi connectivity index (χ3v) is 6.36. The molecule has 2 amide bonds. The molecule has 0 aliphatic carbocycles. The van der Waals surface area contributed by atoms with Gasteiger partial charge in [0.2, 0.25) is 0 Å². The van der Waals surface area contributed by atoms with Crippen LogP contribution in [0.15, 0.2) is 30.5 Å². The number of pyridine rings is 1. The number of nitrogens with one attached hydrogen (secondary N) is 1. The Kier molecular flexibility index (Phi) is 7.07. The second kappa shape index (κ2) is 9.47. The number of aromatic nitrogens is 1. The molecule has 0 bridgehead atoms. The largest absolute Gasteiger partial charge is 0.465 e. The molecule has 2 atom stereocenters. The molecule has 1 saturated heterocycles. The Bertz CT molecular complexity index is 1030. The maximum Gasteiger partial charge on any atom is 0.407 e. The van der Waals surface area contributed by atoms with Crippen molar-refractivity contribution in [3.8, 4) is 0 Å². The van der Waals surface area contributed by atoms with E-state index >= 15 is 0 Å². The van der Waals surface area contributed by atoms with Gasteiger partial charge in [0.25, 0.3) is 5.91 Å². The van der Waals surface area contributed by atoms with Gasteiger partial charge in [-0.1, -0.05) is 20.8 Å². The quantitative estimate of drug-likeness (QED) is 0.697. The van der Waals surface area contributed by atoms with Crippen LogP contribution in [0.25, 0.3) is 0 Å². The fraction of sp³-hybridized carbons (Fsp3) is 0.480. The molecular formula is C25H33FN4O3. The number of aryl methyl sites for hydroxylation is 1. The molecule has 1 aliphatic heterocycles. The first-order valence-corrected chi connectivity index (χ1v) is 11.1. The van der Waals surface area contributed by atoms with E-state index < -0.39 is 11.9 Å². The number of rotatable bonds is 4. The lowest BCUT2D eigenvalue weighted by Gasteiger charge is -2.49. The van der Waals surface area contributed by atoms with E-state index in [4.69, 9.17) is 0 Å². The van der Waals surface area contributed by atoms with E-state index in [0.717, 1.165) is 16.8 Å². The average molecular weight is 457 g/mol. The molecule has 1 aromatic heterocycles. The minimum Gasteiger partial charge on any atom is -0.465 e. The number of carbonyl (C=O) groups is 2. The zero-order chi connectivity index (χ0) is 24.5. The summed E-state index contributed by atoms with van der Waals surface area (Å²) in [5.74, 6) is -0.782. The van der Waals surface area contributed by atoms with Crippen molar-refractivity contribution in [2.45, 2.75) is 60.2 Å². The summed E-state index contributed by atoms with van der Waals surface area (Å²) < 4.78 is 14.6. The summed E-state index contributed by atoms with van der Waals surface area (Å²) in [6, 6.07) is 6.04. The predicted molar refractivity (Wildman–Crippen MR) is 126 cm³/mol. The Hall–Kier alpha value is -3.00. The van der Waals surface area contributed by atoms with Gasteiger partial charge in [-0.25, -0.2) is 9.18 Å². The SMILES string of the molecule is Cc1ccc(C(=O)Nc2cc(F)cc(CN3CC(C)N(C(=O)O)CC3C(C)(C)C)c2C)cn1. The number of nitrogens with zero attached hydrogens (tertiary/aromatic N) is 3. The lowest BCUT2D eigenvalue weighted by molar-refractivity contribution is -0.00961. The Balaban J connectivity index is 1.87. The standard InChI is InChI=1S/C25H33FN4O3/c1-15-7-8-18(11-27-15)23(31)28-21-10-20(26)9-19(17(21)3)13-29-12-16(2)30(24(32)33)14-22(29)25(4,5)6/h7-11,16,22H,12-14H2,1-6H3,(H,28,31)(H,32,33). The summed E-state index contributed by atoms with van der Waals surface area (Å²) in [7, 11) is 0. The fourth-order valence-corrected chi connectivity index (χ4v) is 4.35. The zero-order valence-corrected chi connectivity index (χ0v) is 20.1. The van der Waals surface area contributed by atoms with E-state index in [-0.39, 0.29) is 23.4 Å². The van der Waals surface area contributed by atoms with Crippen molar-refractivity contribution >= 4 is 17.7 Å². The van der Waals surface area contributed by atoms with Crippen LogP contribution < -0.4 is 5.32 Å². The second-order valence-electron chi connectivity index (χ2n) is 9.98. The number of anilines is 1. The molecule has 0 saturated carbocycles. The topological polar surface area (TPSA) is 85.8 Å². The van der Waals surface area contributed by atoms with Gasteiger partial charge in [-0.2, -0.15) is 0 Å². The molecule has 8 heteroatoms. The third kappa shape index (κ3) is 5.68. The Morgan fingerprint density at radius 1 is 1.21 bits per heavy atom. The molecule has 2 heterocycles. The van der Waals surface area contributed by atoms with E-state index in [1.165, 1.54) is 23.2 Å². The maximum atomic E-state index is 14.6. The zero-order valence-electron chi connectivity index (χ0n) is 20.1. The molecular weight excluding hydrogens is 423 g/mol. The van der Waals surface area contributed by atoms with Crippen LogP contribution >= 0.6 is 0 Å². The summed E-state index contributed by atoms with van der Waals surface area (Å²) in [6.07, 6.45) is 0.575. The van der Waals surface area contributed by atoms with Crippen molar-refractivity contribution < 1.29 is 19.1 Å². The number of carboxylic acid groups (broad SMARTS) is 1. The summed E-state index contributed by atoms with van der Waals surface area (Å²) in [5.41, 5.74) is 2.99. The summed E-state index contributed by atoms with van der Waals surface area (Å²) >= 11 is 0. The van der Waals surface area contributed by atoms with Crippen LogP contribution in [-0.4, -0.2) is 57.1 Å².